The van der Waals surface area contributed by atoms with Crippen LogP contribution in [0.15, 0.2) is 88.7 Å². The van der Waals surface area contributed by atoms with Crippen molar-refractivity contribution in [2.45, 2.75) is 37.6 Å². The van der Waals surface area contributed by atoms with Crippen molar-refractivity contribution in [3.63, 3.8) is 0 Å². The van der Waals surface area contributed by atoms with E-state index < -0.39 is 37.3 Å². The molecule has 1 aliphatic heterocycles. The smallest absolute Gasteiger partial charge is 0.374 e. The van der Waals surface area contributed by atoms with E-state index in [4.69, 9.17) is 20.8 Å². The quantitative estimate of drug-likeness (QED) is 0.194. The summed E-state index contributed by atoms with van der Waals surface area (Å²) >= 11 is 6.24. The molecule has 0 radical (unpaired) electrons. The lowest BCUT2D eigenvalue weighted by Gasteiger charge is -2.18. The first-order valence-corrected chi connectivity index (χ1v) is 17.0. The number of allylic oxidation sites excluding steroid dienone is 2. The molecule has 1 N–H and O–H groups in total. The Hall–Kier alpha value is -3.68. The van der Waals surface area contributed by atoms with Crippen LogP contribution in [0.3, 0.4) is 0 Å². The predicted molar refractivity (Wildman–Crippen MR) is 161 cm³/mol. The molecule has 0 spiro atoms. The number of aryl methyl sites for hydroxylation is 1. The van der Waals surface area contributed by atoms with Crippen LogP contribution in [0.5, 0.6) is 5.75 Å². The molecule has 1 aliphatic carbocycles. The van der Waals surface area contributed by atoms with E-state index in [1.807, 2.05) is 49.4 Å². The standard InChI is InChI=1S/C30H27ClN2O8S2/c1-2-19(15-30-33(25-18-28(25)43(37,38)39)24-17-22(31)9-11-27(24)41-30)14-29-32(12-13-42(34,35)36)23-16-21(8-10-26(23)40-29)20-6-4-3-5-7-20/h3-11,14-17,25,28H,2,12-13,18H2,1H3,(H-,34,35,36,37,38,39). The van der Waals surface area contributed by atoms with Crippen molar-refractivity contribution in [2.75, 3.05) is 10.7 Å². The molecular weight excluding hydrogens is 616 g/mol. The Labute approximate surface area is 254 Å². The number of hydrogen-bond donors (Lipinski definition) is 1. The molecule has 6 rings (SSSR count). The van der Waals surface area contributed by atoms with Crippen molar-refractivity contribution in [2.24, 2.45) is 0 Å². The van der Waals surface area contributed by atoms with Gasteiger partial charge in [-0.1, -0.05) is 54.9 Å². The van der Waals surface area contributed by atoms with Gasteiger partial charge in [-0.3, -0.25) is 4.55 Å². The van der Waals surface area contributed by atoms with Crippen LogP contribution in [0, 0.1) is 0 Å². The minimum Gasteiger partial charge on any atom is -0.748 e. The Morgan fingerprint density at radius 3 is 2.53 bits per heavy atom. The van der Waals surface area contributed by atoms with E-state index in [0.29, 0.717) is 51.3 Å². The number of aromatic nitrogens is 1. The first-order valence-electron chi connectivity index (χ1n) is 13.5. The molecule has 2 unspecified atom stereocenters. The number of fused-ring (bicyclic) bond motifs is 2. The molecular formula is C30H27ClN2O8S2. The highest BCUT2D eigenvalue weighted by atomic mass is 35.5. The number of ether oxygens (including phenoxy) is 1. The highest BCUT2D eigenvalue weighted by molar-refractivity contribution is 7.86. The number of benzene rings is 3. The first kappa shape index (κ1) is 29.4. The molecule has 10 nitrogen and oxygen atoms in total. The average molecular weight is 643 g/mol. The molecule has 224 valence electrons. The highest BCUT2D eigenvalue weighted by Gasteiger charge is 2.53. The van der Waals surface area contributed by atoms with Crippen LogP contribution < -0.4 is 14.2 Å². The lowest BCUT2D eigenvalue weighted by Crippen LogP contribution is -2.38. The second-order valence-electron chi connectivity index (χ2n) is 10.4. The van der Waals surface area contributed by atoms with Crippen LogP contribution in [-0.4, -0.2) is 43.0 Å². The van der Waals surface area contributed by atoms with Gasteiger partial charge in [0, 0.05) is 17.2 Å². The summed E-state index contributed by atoms with van der Waals surface area (Å²) in [6, 6.07) is 19.7. The fraction of sp³-hybridized carbons (Fsp3) is 0.233. The molecule has 4 aromatic rings. The number of anilines is 1. The number of hydrogen-bond acceptors (Lipinski definition) is 8. The van der Waals surface area contributed by atoms with Crippen molar-refractivity contribution in [3.05, 3.63) is 95.2 Å². The van der Waals surface area contributed by atoms with Gasteiger partial charge < -0.3 is 18.6 Å². The van der Waals surface area contributed by atoms with Gasteiger partial charge in [-0.2, -0.15) is 13.0 Å². The molecule has 2 heterocycles. The van der Waals surface area contributed by atoms with Crippen molar-refractivity contribution in [3.8, 4) is 16.9 Å². The molecule has 0 saturated heterocycles. The number of nitrogens with zero attached hydrogens (tertiary/aromatic N) is 2. The molecule has 3 aromatic carbocycles. The monoisotopic (exact) mass is 642 g/mol. The molecule has 0 amide bonds. The third-order valence-electron chi connectivity index (χ3n) is 7.47. The van der Waals surface area contributed by atoms with E-state index in [1.54, 1.807) is 45.9 Å². The summed E-state index contributed by atoms with van der Waals surface area (Å²) in [5.74, 6) is 0.527. The molecule has 1 saturated carbocycles. The maximum atomic E-state index is 11.9. The number of rotatable bonds is 9. The van der Waals surface area contributed by atoms with Gasteiger partial charge >= 0.3 is 5.89 Å². The molecule has 2 atom stereocenters. The van der Waals surface area contributed by atoms with Crippen LogP contribution in [0.25, 0.3) is 28.3 Å². The van der Waals surface area contributed by atoms with Gasteiger partial charge in [-0.05, 0) is 53.8 Å². The largest absolute Gasteiger partial charge is 0.748 e. The third kappa shape index (κ3) is 6.20. The normalized spacial score (nSPS) is 19.6. The predicted octanol–water partition coefficient (Wildman–Crippen LogP) is 5.15. The Balaban J connectivity index is 1.43. The zero-order chi connectivity index (χ0) is 30.5. The van der Waals surface area contributed by atoms with Crippen LogP contribution in [0.2, 0.25) is 5.02 Å². The van der Waals surface area contributed by atoms with E-state index in [1.165, 1.54) is 0 Å². The van der Waals surface area contributed by atoms with E-state index in [9.17, 15) is 25.9 Å². The van der Waals surface area contributed by atoms with Gasteiger partial charge in [0.15, 0.2) is 12.3 Å². The Morgan fingerprint density at radius 1 is 1.09 bits per heavy atom. The Kier molecular flexibility index (Phi) is 7.59. The Bertz CT molecular complexity index is 2000. The molecule has 0 bridgehead atoms. The molecule has 43 heavy (non-hydrogen) atoms. The van der Waals surface area contributed by atoms with E-state index in [0.717, 1.165) is 11.1 Å². The van der Waals surface area contributed by atoms with Crippen molar-refractivity contribution >= 4 is 54.7 Å². The van der Waals surface area contributed by atoms with Crippen LogP contribution >= 0.6 is 11.6 Å². The van der Waals surface area contributed by atoms with E-state index >= 15 is 0 Å². The summed E-state index contributed by atoms with van der Waals surface area (Å²) < 4.78 is 82.1. The van der Waals surface area contributed by atoms with Crippen molar-refractivity contribution < 1.29 is 39.7 Å². The van der Waals surface area contributed by atoms with Crippen LogP contribution in [0.4, 0.5) is 5.69 Å². The molecule has 2 aliphatic rings. The average Bonchev–Trinajstić information content (AvgIpc) is 3.58. The van der Waals surface area contributed by atoms with E-state index in [2.05, 4.69) is 0 Å². The van der Waals surface area contributed by atoms with Crippen LogP contribution in [-0.2, 0) is 26.8 Å². The second kappa shape index (κ2) is 11.1. The summed E-state index contributed by atoms with van der Waals surface area (Å²) in [5, 5.41) is -0.528. The number of oxazole rings is 1. The van der Waals surface area contributed by atoms with Gasteiger partial charge in [0.05, 0.1) is 23.6 Å². The lowest BCUT2D eigenvalue weighted by molar-refractivity contribution is -0.673. The zero-order valence-electron chi connectivity index (χ0n) is 22.9. The fourth-order valence-corrected chi connectivity index (χ4v) is 6.78. The van der Waals surface area contributed by atoms with Gasteiger partial charge in [0.1, 0.15) is 15.4 Å². The van der Waals surface area contributed by atoms with Gasteiger partial charge in [-0.15, -0.1) is 0 Å². The molecule has 1 aromatic heterocycles. The minimum absolute atomic E-state index is 0.124. The minimum atomic E-state index is -4.51. The third-order valence-corrected chi connectivity index (χ3v) is 9.66. The molecule has 13 heteroatoms. The first-order chi connectivity index (χ1) is 20.4. The summed E-state index contributed by atoms with van der Waals surface area (Å²) in [7, 11) is -8.78. The maximum Gasteiger partial charge on any atom is 0.374 e. The maximum absolute atomic E-state index is 11.9. The second-order valence-corrected chi connectivity index (χ2v) is 14.0. The summed E-state index contributed by atoms with van der Waals surface area (Å²) in [4.78, 5) is 1.71. The van der Waals surface area contributed by atoms with Crippen molar-refractivity contribution in [1.82, 2.24) is 0 Å². The van der Waals surface area contributed by atoms with Crippen molar-refractivity contribution in [1.29, 1.82) is 0 Å². The fourth-order valence-electron chi connectivity index (χ4n) is 5.25. The highest BCUT2D eigenvalue weighted by Crippen LogP contribution is 2.48. The SMILES string of the molecule is CCC(=Cc1oc2ccc(-c3ccccc3)cc2[n+]1CCS(=O)(=O)[O-])C=C1Oc2ccc(Cl)cc2N1C1CC1S(=O)(=O)O. The summed E-state index contributed by atoms with van der Waals surface area (Å²) in [6.07, 6.45) is 4.19. The summed E-state index contributed by atoms with van der Waals surface area (Å²) in [6.45, 7) is 1.79. The Morgan fingerprint density at radius 2 is 1.86 bits per heavy atom. The van der Waals surface area contributed by atoms with E-state index in [-0.39, 0.29) is 13.0 Å². The molecule has 1 fully saturated rings. The van der Waals surface area contributed by atoms with Gasteiger partial charge in [-0.25, -0.2) is 8.42 Å². The van der Waals surface area contributed by atoms with Crippen LogP contribution in [0.1, 0.15) is 25.7 Å². The number of halogens is 1. The topological polar surface area (TPSA) is 141 Å². The van der Waals surface area contributed by atoms with Gasteiger partial charge in [0.2, 0.25) is 11.5 Å². The lowest BCUT2D eigenvalue weighted by atomic mass is 10.1. The zero-order valence-corrected chi connectivity index (χ0v) is 25.3. The van der Waals surface area contributed by atoms with Gasteiger partial charge in [0.25, 0.3) is 15.6 Å². The summed E-state index contributed by atoms with van der Waals surface area (Å²) in [5.41, 5.74) is 4.28.